The van der Waals surface area contributed by atoms with Gasteiger partial charge in [-0.15, -0.1) is 0 Å². The lowest BCUT2D eigenvalue weighted by atomic mass is 10.0. The van der Waals surface area contributed by atoms with Gasteiger partial charge in [0.15, 0.2) is 0 Å². The minimum atomic E-state index is -0.630. The summed E-state index contributed by atoms with van der Waals surface area (Å²) in [7, 11) is 6.77. The molecule has 41 heavy (non-hydrogen) atoms. The number of pyridine rings is 1. The number of nitro benzene ring substituents is 1. The van der Waals surface area contributed by atoms with Gasteiger partial charge in [-0.1, -0.05) is 0 Å². The Balaban J connectivity index is 1.72. The average Bonchev–Trinajstić information content (AvgIpc) is 2.93. The van der Waals surface area contributed by atoms with Crippen molar-refractivity contribution in [2.75, 3.05) is 38.5 Å². The first kappa shape index (κ1) is 29.1. The predicted molar refractivity (Wildman–Crippen MR) is 155 cm³/mol. The summed E-state index contributed by atoms with van der Waals surface area (Å²) in [5.41, 5.74) is 3.02. The summed E-state index contributed by atoms with van der Waals surface area (Å²) in [5.74, 6) is 0.760. The molecule has 12 heteroatoms. The molecule has 214 valence electrons. The van der Waals surface area contributed by atoms with E-state index in [9.17, 15) is 14.9 Å². The number of hydrogen-bond donors (Lipinski definition) is 1. The van der Waals surface area contributed by atoms with Gasteiger partial charge in [0.25, 0.3) is 5.69 Å². The maximum absolute atomic E-state index is 15.0. The van der Waals surface area contributed by atoms with Crippen molar-refractivity contribution < 1.29 is 18.8 Å². The van der Waals surface area contributed by atoms with Gasteiger partial charge in [0.1, 0.15) is 17.5 Å². The van der Waals surface area contributed by atoms with E-state index in [1.54, 1.807) is 34.1 Å². The third kappa shape index (κ3) is 6.16. The molecule has 1 N–H and O–H groups in total. The van der Waals surface area contributed by atoms with Gasteiger partial charge in [0.2, 0.25) is 11.8 Å². The summed E-state index contributed by atoms with van der Waals surface area (Å²) < 4.78 is 20.4. The van der Waals surface area contributed by atoms with Crippen LogP contribution in [0.5, 0.6) is 5.88 Å². The Kier molecular flexibility index (Phi) is 8.31. The molecule has 2 aromatic carbocycles. The van der Waals surface area contributed by atoms with Crippen LogP contribution in [0.25, 0.3) is 10.9 Å². The number of methoxy groups -OCH3 is 1. The number of carbonyl (C=O) groups excluding carboxylic acids is 1. The molecule has 0 radical (unpaired) electrons. The summed E-state index contributed by atoms with van der Waals surface area (Å²) in [4.78, 5) is 40.1. The summed E-state index contributed by atoms with van der Waals surface area (Å²) in [6, 6.07) is 9.34. The Morgan fingerprint density at radius 3 is 2.51 bits per heavy atom. The minimum absolute atomic E-state index is 0.0802. The SMILES string of the molecule is COc1ncc(N(C)c2ccc3nc(C)nc(NC(C)c4cc([N+](=O)[O-])cc(C)c4F)c3c2)cc1CC(=O)N(C)C. The standard InChI is InChI=1S/C29H32FN7O4/c1-16-10-21(37(39)40)14-23(27(16)30)17(2)32-28-24-13-20(8-9-25(24)33-18(3)34-28)36(6)22-11-19(12-26(38)35(4)5)29(41-7)31-15-22/h8-11,13-15,17H,12H2,1-7H3,(H,32,33,34). The highest BCUT2D eigenvalue weighted by Crippen LogP contribution is 2.33. The van der Waals surface area contributed by atoms with Crippen LogP contribution in [0.4, 0.5) is 27.3 Å². The molecule has 0 aliphatic heterocycles. The zero-order valence-corrected chi connectivity index (χ0v) is 24.0. The fourth-order valence-electron chi connectivity index (χ4n) is 4.48. The first-order valence-electron chi connectivity index (χ1n) is 12.9. The monoisotopic (exact) mass is 561 g/mol. The third-order valence-corrected chi connectivity index (χ3v) is 6.81. The number of amides is 1. The number of ether oxygens (including phenoxy) is 1. The van der Waals surface area contributed by atoms with Crippen molar-refractivity contribution in [1.82, 2.24) is 19.9 Å². The molecule has 0 saturated heterocycles. The van der Waals surface area contributed by atoms with E-state index in [0.717, 1.165) is 11.4 Å². The van der Waals surface area contributed by atoms with Crippen LogP contribution in [-0.2, 0) is 11.2 Å². The molecule has 0 fully saturated rings. The predicted octanol–water partition coefficient (Wildman–Crippen LogP) is 5.27. The number of fused-ring (bicyclic) bond motifs is 1. The van der Waals surface area contributed by atoms with Gasteiger partial charge in [-0.3, -0.25) is 14.9 Å². The molecule has 0 bridgehead atoms. The van der Waals surface area contributed by atoms with E-state index >= 15 is 4.39 Å². The lowest BCUT2D eigenvalue weighted by molar-refractivity contribution is -0.385. The lowest BCUT2D eigenvalue weighted by Gasteiger charge is -2.22. The van der Waals surface area contributed by atoms with Gasteiger partial charge in [-0.05, 0) is 50.6 Å². The molecule has 2 heterocycles. The van der Waals surface area contributed by atoms with Crippen LogP contribution in [0.3, 0.4) is 0 Å². The minimum Gasteiger partial charge on any atom is -0.481 e. The van der Waals surface area contributed by atoms with E-state index in [0.29, 0.717) is 34.0 Å². The number of nitro groups is 1. The van der Waals surface area contributed by atoms with Crippen molar-refractivity contribution in [2.24, 2.45) is 0 Å². The van der Waals surface area contributed by atoms with Crippen LogP contribution in [0, 0.1) is 29.8 Å². The maximum atomic E-state index is 15.0. The summed E-state index contributed by atoms with van der Waals surface area (Å²) >= 11 is 0. The fourth-order valence-corrected chi connectivity index (χ4v) is 4.48. The number of nitrogens with one attached hydrogen (secondary N) is 1. The molecule has 0 aliphatic rings. The Morgan fingerprint density at radius 1 is 1.12 bits per heavy atom. The molecule has 4 aromatic rings. The molecular formula is C29H32FN7O4. The van der Waals surface area contributed by atoms with Crippen molar-refractivity contribution in [2.45, 2.75) is 33.2 Å². The normalized spacial score (nSPS) is 11.7. The maximum Gasteiger partial charge on any atom is 0.270 e. The molecule has 0 saturated carbocycles. The van der Waals surface area contributed by atoms with Crippen LogP contribution in [0.2, 0.25) is 0 Å². The first-order chi connectivity index (χ1) is 19.4. The van der Waals surface area contributed by atoms with Crippen molar-refractivity contribution in [3.05, 3.63) is 81.0 Å². The van der Waals surface area contributed by atoms with Crippen molar-refractivity contribution in [1.29, 1.82) is 0 Å². The van der Waals surface area contributed by atoms with Crippen LogP contribution in [0.1, 0.15) is 35.5 Å². The van der Waals surface area contributed by atoms with Crippen molar-refractivity contribution in [3.63, 3.8) is 0 Å². The van der Waals surface area contributed by atoms with E-state index in [4.69, 9.17) is 4.74 Å². The number of anilines is 3. The van der Waals surface area contributed by atoms with E-state index in [1.165, 1.54) is 31.1 Å². The van der Waals surface area contributed by atoms with E-state index in [2.05, 4.69) is 20.3 Å². The number of rotatable bonds is 9. The van der Waals surface area contributed by atoms with Crippen LogP contribution in [0.15, 0.2) is 42.6 Å². The van der Waals surface area contributed by atoms with Crippen LogP contribution < -0.4 is 15.0 Å². The number of carbonyl (C=O) groups is 1. The van der Waals surface area contributed by atoms with E-state index in [1.807, 2.05) is 36.2 Å². The van der Waals surface area contributed by atoms with Crippen LogP contribution in [-0.4, -0.2) is 58.9 Å². The third-order valence-electron chi connectivity index (χ3n) is 6.81. The number of likely N-dealkylation sites (N-methyl/N-ethyl adjacent to an activating group) is 1. The van der Waals surface area contributed by atoms with Gasteiger partial charge in [0.05, 0.1) is 41.9 Å². The van der Waals surface area contributed by atoms with Crippen LogP contribution >= 0.6 is 0 Å². The Labute approximate surface area is 237 Å². The summed E-state index contributed by atoms with van der Waals surface area (Å²) in [6.45, 7) is 4.98. The number of hydrogen-bond acceptors (Lipinski definition) is 9. The van der Waals surface area contributed by atoms with Crippen molar-refractivity contribution >= 4 is 39.7 Å². The van der Waals surface area contributed by atoms with Gasteiger partial charge in [-0.25, -0.2) is 19.3 Å². The summed E-state index contributed by atoms with van der Waals surface area (Å²) in [5, 5.41) is 15.3. The number of halogens is 1. The second-order valence-corrected chi connectivity index (χ2v) is 10.00. The fraction of sp³-hybridized carbons (Fsp3) is 0.310. The van der Waals surface area contributed by atoms with Gasteiger partial charge in [-0.2, -0.15) is 0 Å². The number of aromatic nitrogens is 3. The quantitative estimate of drug-likeness (QED) is 0.215. The zero-order valence-electron chi connectivity index (χ0n) is 24.0. The number of aryl methyl sites for hydroxylation is 2. The van der Waals surface area contributed by atoms with E-state index < -0.39 is 16.8 Å². The molecule has 11 nitrogen and oxygen atoms in total. The average molecular weight is 562 g/mol. The first-order valence-corrected chi connectivity index (χ1v) is 12.9. The largest absolute Gasteiger partial charge is 0.481 e. The molecule has 0 aliphatic carbocycles. The second-order valence-electron chi connectivity index (χ2n) is 10.00. The molecule has 1 amide bonds. The topological polar surface area (TPSA) is 127 Å². The lowest BCUT2D eigenvalue weighted by Crippen LogP contribution is -2.24. The number of non-ortho nitro benzene ring substituents is 1. The Hall–Kier alpha value is -4.87. The molecule has 1 unspecified atom stereocenters. The Bertz CT molecular complexity index is 1640. The highest BCUT2D eigenvalue weighted by atomic mass is 19.1. The van der Waals surface area contributed by atoms with Gasteiger partial charge in [0, 0.05) is 55.5 Å². The molecule has 1 atom stereocenters. The zero-order chi connectivity index (χ0) is 30.0. The molecule has 0 spiro atoms. The Morgan fingerprint density at radius 2 is 1.85 bits per heavy atom. The summed E-state index contributed by atoms with van der Waals surface area (Å²) in [6.07, 6.45) is 1.79. The highest BCUT2D eigenvalue weighted by molar-refractivity contribution is 5.92. The highest BCUT2D eigenvalue weighted by Gasteiger charge is 2.21. The smallest absolute Gasteiger partial charge is 0.270 e. The van der Waals surface area contributed by atoms with Gasteiger partial charge >= 0.3 is 0 Å². The number of benzene rings is 2. The van der Waals surface area contributed by atoms with Crippen molar-refractivity contribution in [3.8, 4) is 5.88 Å². The molecule has 4 rings (SSSR count). The van der Waals surface area contributed by atoms with Gasteiger partial charge < -0.3 is 19.9 Å². The molecule has 2 aromatic heterocycles. The number of nitrogens with zero attached hydrogens (tertiary/aromatic N) is 6. The van der Waals surface area contributed by atoms with E-state index in [-0.39, 0.29) is 29.1 Å². The second kappa shape index (κ2) is 11.7. The molecular weight excluding hydrogens is 529 g/mol.